The molecule has 0 aliphatic heterocycles. The van der Waals surface area contributed by atoms with Crippen molar-refractivity contribution >= 4 is 34.6 Å². The Morgan fingerprint density at radius 3 is 2.57 bits per heavy atom. The fourth-order valence-corrected chi connectivity index (χ4v) is 2.23. The van der Waals surface area contributed by atoms with Crippen molar-refractivity contribution in [2.24, 2.45) is 0 Å². The Bertz CT molecular complexity index is 656. The van der Waals surface area contributed by atoms with Gasteiger partial charge in [0.1, 0.15) is 6.61 Å². The predicted octanol–water partition coefficient (Wildman–Crippen LogP) is 3.92. The third kappa shape index (κ3) is 3.74. The van der Waals surface area contributed by atoms with Crippen molar-refractivity contribution in [3.05, 3.63) is 56.3 Å². The highest BCUT2D eigenvalue weighted by Crippen LogP contribution is 2.37. The van der Waals surface area contributed by atoms with Crippen LogP contribution in [0.2, 0.25) is 10.0 Å². The van der Waals surface area contributed by atoms with Gasteiger partial charge in [-0.05, 0) is 12.1 Å². The third-order valence-electron chi connectivity index (χ3n) is 2.66. The topological polar surface area (TPSA) is 77.3 Å². The number of rotatable bonds is 5. The van der Waals surface area contributed by atoms with Crippen LogP contribution in [-0.2, 0) is 6.61 Å². The number of nitrogens with one attached hydrogen (secondary N) is 1. The number of hydrogen-bond acceptors (Lipinski definition) is 5. The highest BCUT2D eigenvalue weighted by atomic mass is 35.5. The van der Waals surface area contributed by atoms with E-state index in [1.54, 1.807) is 13.2 Å². The Kier molecular flexibility index (Phi) is 4.82. The molecule has 2 aromatic rings. The van der Waals surface area contributed by atoms with Crippen LogP contribution in [0.25, 0.3) is 0 Å². The van der Waals surface area contributed by atoms with Gasteiger partial charge in [0.2, 0.25) is 0 Å². The van der Waals surface area contributed by atoms with E-state index in [1.807, 2.05) is 12.1 Å². The summed E-state index contributed by atoms with van der Waals surface area (Å²) in [6, 6.07) is 6.02. The van der Waals surface area contributed by atoms with Gasteiger partial charge in [-0.1, -0.05) is 23.2 Å². The maximum absolute atomic E-state index is 10.7. The van der Waals surface area contributed by atoms with E-state index < -0.39 is 4.92 Å². The Hall–Kier alpha value is -2.05. The molecular weight excluding hydrogens is 317 g/mol. The summed E-state index contributed by atoms with van der Waals surface area (Å²) in [6.45, 7) is 0.146. The zero-order valence-corrected chi connectivity index (χ0v) is 12.5. The first-order valence-corrected chi connectivity index (χ1v) is 6.65. The number of aromatic nitrogens is 1. The molecular formula is C13H11Cl2N3O3. The van der Waals surface area contributed by atoms with Gasteiger partial charge in [-0.25, -0.2) is 0 Å². The van der Waals surface area contributed by atoms with Crippen molar-refractivity contribution < 1.29 is 9.66 Å². The Balaban J connectivity index is 2.18. The number of halogens is 2. The number of benzene rings is 1. The molecule has 0 saturated carbocycles. The number of nitro groups is 1. The minimum Gasteiger partial charge on any atom is -0.484 e. The van der Waals surface area contributed by atoms with Gasteiger partial charge in [0.25, 0.3) is 5.69 Å². The van der Waals surface area contributed by atoms with Crippen LogP contribution in [0.1, 0.15) is 5.69 Å². The minimum absolute atomic E-state index is 0.0824. The van der Waals surface area contributed by atoms with Crippen LogP contribution in [0, 0.1) is 10.1 Å². The van der Waals surface area contributed by atoms with Crippen molar-refractivity contribution in [3.8, 4) is 5.75 Å². The molecule has 0 aliphatic rings. The molecule has 2 rings (SSSR count). The van der Waals surface area contributed by atoms with E-state index >= 15 is 0 Å². The number of nitro benzene ring substituents is 1. The van der Waals surface area contributed by atoms with Crippen molar-refractivity contribution in [3.63, 3.8) is 0 Å². The highest BCUT2D eigenvalue weighted by Gasteiger charge is 2.16. The lowest BCUT2D eigenvalue weighted by molar-refractivity contribution is -0.384. The molecule has 1 N–H and O–H groups in total. The average Bonchev–Trinajstić information content (AvgIpc) is 2.46. The van der Waals surface area contributed by atoms with Gasteiger partial charge in [-0.2, -0.15) is 0 Å². The molecule has 0 amide bonds. The Morgan fingerprint density at radius 2 is 2.00 bits per heavy atom. The predicted molar refractivity (Wildman–Crippen MR) is 81.2 cm³/mol. The van der Waals surface area contributed by atoms with Crippen LogP contribution < -0.4 is 10.1 Å². The lowest BCUT2D eigenvalue weighted by atomic mass is 10.3. The monoisotopic (exact) mass is 327 g/mol. The molecule has 1 aromatic carbocycles. The van der Waals surface area contributed by atoms with E-state index in [0.29, 0.717) is 5.69 Å². The average molecular weight is 328 g/mol. The lowest BCUT2D eigenvalue weighted by Gasteiger charge is -2.10. The number of ether oxygens (including phenoxy) is 1. The first kappa shape index (κ1) is 15.3. The zero-order chi connectivity index (χ0) is 15.4. The van der Waals surface area contributed by atoms with Gasteiger partial charge >= 0.3 is 0 Å². The molecule has 0 radical (unpaired) electrons. The summed E-state index contributed by atoms with van der Waals surface area (Å²) >= 11 is 11.9. The molecule has 0 aliphatic carbocycles. The second-order valence-corrected chi connectivity index (χ2v) is 4.88. The van der Waals surface area contributed by atoms with Gasteiger partial charge in [0.05, 0.1) is 20.7 Å². The third-order valence-corrected chi connectivity index (χ3v) is 3.22. The Labute approximate surface area is 130 Å². The number of hydrogen-bond donors (Lipinski definition) is 1. The van der Waals surface area contributed by atoms with Crippen molar-refractivity contribution in [2.45, 2.75) is 6.61 Å². The number of non-ortho nitro benzene ring substituents is 1. The van der Waals surface area contributed by atoms with Crippen LogP contribution in [0.4, 0.5) is 11.4 Å². The lowest BCUT2D eigenvalue weighted by Crippen LogP contribution is -2.01. The first-order valence-electron chi connectivity index (χ1n) is 5.90. The van der Waals surface area contributed by atoms with Crippen molar-refractivity contribution in [2.75, 3.05) is 12.4 Å². The molecule has 0 atom stereocenters. The molecule has 0 spiro atoms. The van der Waals surface area contributed by atoms with Crippen LogP contribution in [0.5, 0.6) is 5.75 Å². The van der Waals surface area contributed by atoms with Crippen molar-refractivity contribution in [1.29, 1.82) is 0 Å². The summed E-state index contributed by atoms with van der Waals surface area (Å²) in [4.78, 5) is 14.3. The second kappa shape index (κ2) is 6.60. The van der Waals surface area contributed by atoms with E-state index in [1.165, 1.54) is 12.1 Å². The van der Waals surface area contributed by atoms with E-state index in [2.05, 4.69) is 10.3 Å². The smallest absolute Gasteiger partial charge is 0.272 e. The standard InChI is InChI=1S/C13H11Cl2N3O3/c1-16-8-2-3-17-9(4-8)7-21-13-11(14)5-10(18(19)20)6-12(13)15/h2-6H,7H2,1H3,(H,16,17). The summed E-state index contributed by atoms with van der Waals surface area (Å²) in [5, 5.41) is 13.8. The van der Waals surface area contributed by atoms with Gasteiger partial charge in [-0.3, -0.25) is 15.1 Å². The molecule has 0 unspecified atom stereocenters. The maximum atomic E-state index is 10.7. The van der Waals surface area contributed by atoms with E-state index in [4.69, 9.17) is 27.9 Å². The molecule has 21 heavy (non-hydrogen) atoms. The molecule has 8 heteroatoms. The van der Waals surface area contributed by atoms with E-state index in [9.17, 15) is 10.1 Å². The summed E-state index contributed by atoms with van der Waals surface area (Å²) in [7, 11) is 1.80. The fraction of sp³-hybridized carbons (Fsp3) is 0.154. The Morgan fingerprint density at radius 1 is 1.33 bits per heavy atom. The maximum Gasteiger partial charge on any atom is 0.272 e. The summed E-state index contributed by atoms with van der Waals surface area (Å²) < 4.78 is 5.51. The van der Waals surface area contributed by atoms with Gasteiger partial charge in [0.15, 0.2) is 5.75 Å². The van der Waals surface area contributed by atoms with Gasteiger partial charge in [0, 0.05) is 31.1 Å². The minimum atomic E-state index is -0.570. The SMILES string of the molecule is CNc1ccnc(COc2c(Cl)cc([N+](=O)[O-])cc2Cl)c1. The number of pyridine rings is 1. The quantitative estimate of drug-likeness (QED) is 0.665. The van der Waals surface area contributed by atoms with Crippen LogP contribution >= 0.6 is 23.2 Å². The molecule has 0 bridgehead atoms. The van der Waals surface area contributed by atoms with E-state index in [0.717, 1.165) is 5.69 Å². The van der Waals surface area contributed by atoms with Gasteiger partial charge < -0.3 is 10.1 Å². The summed E-state index contributed by atoms with van der Waals surface area (Å²) in [5.74, 6) is 0.195. The van der Waals surface area contributed by atoms with Crippen LogP contribution in [0.3, 0.4) is 0 Å². The number of nitrogens with zero attached hydrogens (tertiary/aromatic N) is 2. The highest BCUT2D eigenvalue weighted by molar-refractivity contribution is 6.37. The summed E-state index contributed by atoms with van der Waals surface area (Å²) in [6.07, 6.45) is 1.64. The zero-order valence-electron chi connectivity index (χ0n) is 11.0. The van der Waals surface area contributed by atoms with Gasteiger partial charge in [-0.15, -0.1) is 0 Å². The van der Waals surface area contributed by atoms with Crippen LogP contribution in [0.15, 0.2) is 30.5 Å². The van der Waals surface area contributed by atoms with Crippen molar-refractivity contribution in [1.82, 2.24) is 4.98 Å². The van der Waals surface area contributed by atoms with Crippen LogP contribution in [-0.4, -0.2) is 17.0 Å². The molecule has 0 fully saturated rings. The molecule has 0 saturated heterocycles. The van der Waals surface area contributed by atoms with E-state index in [-0.39, 0.29) is 28.1 Å². The normalized spacial score (nSPS) is 10.2. The fourth-order valence-electron chi connectivity index (χ4n) is 1.65. The molecule has 1 heterocycles. The largest absolute Gasteiger partial charge is 0.484 e. The second-order valence-electron chi connectivity index (χ2n) is 4.07. The number of anilines is 1. The molecule has 6 nitrogen and oxygen atoms in total. The molecule has 110 valence electrons. The summed E-state index contributed by atoms with van der Waals surface area (Å²) in [5.41, 5.74) is 1.38. The first-order chi connectivity index (χ1) is 10.0. The molecule has 1 aromatic heterocycles.